The molecule has 3 N–H and O–H groups in total. The van der Waals surface area contributed by atoms with Gasteiger partial charge in [0.15, 0.2) is 0 Å². The summed E-state index contributed by atoms with van der Waals surface area (Å²) < 4.78 is 0. The van der Waals surface area contributed by atoms with E-state index in [0.29, 0.717) is 5.92 Å². The highest BCUT2D eigenvalue weighted by molar-refractivity contribution is 5.91. The number of hydrogen-bond acceptors (Lipinski definition) is 4. The summed E-state index contributed by atoms with van der Waals surface area (Å²) >= 11 is 0. The smallest absolute Gasteiger partial charge is 0.143 e. The molecule has 0 aliphatic carbocycles. The van der Waals surface area contributed by atoms with Crippen molar-refractivity contribution in [3.63, 3.8) is 0 Å². The van der Waals surface area contributed by atoms with Gasteiger partial charge in [0.05, 0.1) is 18.0 Å². The Morgan fingerprint density at radius 1 is 1.18 bits per heavy atom. The predicted octanol–water partition coefficient (Wildman–Crippen LogP) is 3.05. The van der Waals surface area contributed by atoms with Crippen LogP contribution in [0.2, 0.25) is 0 Å². The summed E-state index contributed by atoms with van der Waals surface area (Å²) in [6, 6.07) is 12.1. The fraction of sp³-hybridized carbons (Fsp3) is 0.294. The predicted molar refractivity (Wildman–Crippen MR) is 88.7 cm³/mol. The number of hydrogen-bond donors (Lipinski definition) is 3. The topological polar surface area (TPSA) is 73.8 Å². The van der Waals surface area contributed by atoms with Crippen molar-refractivity contribution in [3.8, 4) is 11.3 Å². The first-order chi connectivity index (χ1) is 10.7. The van der Waals surface area contributed by atoms with Crippen molar-refractivity contribution in [1.29, 1.82) is 0 Å². The lowest BCUT2D eigenvalue weighted by molar-refractivity contribution is 0.249. The fourth-order valence-corrected chi connectivity index (χ4v) is 2.43. The molecule has 114 valence electrons. The van der Waals surface area contributed by atoms with Crippen molar-refractivity contribution in [3.05, 3.63) is 42.7 Å². The average Bonchev–Trinajstić information content (AvgIpc) is 2.98. The lowest BCUT2D eigenvalue weighted by atomic mass is 10.1. The van der Waals surface area contributed by atoms with Crippen molar-refractivity contribution in [2.75, 3.05) is 11.9 Å². The molecule has 0 spiro atoms. The standard InChI is InChI=1S/C17H20N4O/c1-11(2)15(9-22)21-17-13-8-14(12-6-4-3-5-7-12)20-16(13)18-10-19-17/h3-8,10-11,15,22H,9H2,1-2H3,(H2,18,19,20,21). The van der Waals surface area contributed by atoms with Crippen molar-refractivity contribution < 1.29 is 5.11 Å². The molecular weight excluding hydrogens is 276 g/mol. The maximum atomic E-state index is 9.50. The Morgan fingerprint density at radius 2 is 1.95 bits per heavy atom. The number of aromatic amines is 1. The quantitative estimate of drug-likeness (QED) is 0.676. The Hall–Kier alpha value is -2.40. The second kappa shape index (κ2) is 6.15. The second-order valence-electron chi connectivity index (χ2n) is 5.71. The number of aliphatic hydroxyl groups is 1. The second-order valence-corrected chi connectivity index (χ2v) is 5.71. The van der Waals surface area contributed by atoms with E-state index in [1.54, 1.807) is 0 Å². The zero-order valence-corrected chi connectivity index (χ0v) is 12.7. The van der Waals surface area contributed by atoms with E-state index in [1.165, 1.54) is 6.33 Å². The first kappa shape index (κ1) is 14.5. The Balaban J connectivity index is 2.00. The molecule has 0 amide bonds. The zero-order chi connectivity index (χ0) is 15.5. The number of aliphatic hydroxyl groups excluding tert-OH is 1. The van der Waals surface area contributed by atoms with Crippen LogP contribution in [-0.2, 0) is 0 Å². The van der Waals surface area contributed by atoms with E-state index in [1.807, 2.05) is 24.3 Å². The van der Waals surface area contributed by atoms with Gasteiger partial charge < -0.3 is 15.4 Å². The number of anilines is 1. The van der Waals surface area contributed by atoms with Crippen LogP contribution in [0.3, 0.4) is 0 Å². The number of rotatable bonds is 5. The van der Waals surface area contributed by atoms with Crippen LogP contribution in [0.15, 0.2) is 42.7 Å². The summed E-state index contributed by atoms with van der Waals surface area (Å²) in [5.74, 6) is 1.05. The number of H-pyrrole nitrogens is 1. The third-order valence-electron chi connectivity index (χ3n) is 3.83. The lowest BCUT2D eigenvalue weighted by Crippen LogP contribution is -2.29. The summed E-state index contributed by atoms with van der Waals surface area (Å²) in [6.45, 7) is 4.21. The lowest BCUT2D eigenvalue weighted by Gasteiger charge is -2.20. The molecule has 2 aromatic heterocycles. The monoisotopic (exact) mass is 296 g/mol. The highest BCUT2D eigenvalue weighted by Crippen LogP contribution is 2.27. The number of aromatic nitrogens is 3. The molecule has 0 aliphatic rings. The van der Waals surface area contributed by atoms with Crippen LogP contribution in [0.4, 0.5) is 5.82 Å². The third kappa shape index (κ3) is 2.80. The molecule has 0 aliphatic heterocycles. The summed E-state index contributed by atoms with van der Waals surface area (Å²) in [6.07, 6.45) is 1.53. The van der Waals surface area contributed by atoms with Gasteiger partial charge in [0.25, 0.3) is 0 Å². The largest absolute Gasteiger partial charge is 0.394 e. The first-order valence-electron chi connectivity index (χ1n) is 7.45. The molecule has 0 saturated carbocycles. The first-order valence-corrected chi connectivity index (χ1v) is 7.45. The van der Waals surface area contributed by atoms with E-state index in [9.17, 15) is 5.11 Å². The van der Waals surface area contributed by atoms with Crippen LogP contribution in [-0.4, -0.2) is 32.7 Å². The summed E-state index contributed by atoms with van der Waals surface area (Å²) in [5.41, 5.74) is 2.90. The van der Waals surface area contributed by atoms with E-state index in [4.69, 9.17) is 0 Å². The minimum absolute atomic E-state index is 0.0341. The molecule has 1 atom stereocenters. The van der Waals surface area contributed by atoms with Crippen LogP contribution in [0, 0.1) is 5.92 Å². The molecule has 1 unspecified atom stereocenters. The van der Waals surface area contributed by atoms with Crippen molar-refractivity contribution in [1.82, 2.24) is 15.0 Å². The molecule has 5 heteroatoms. The highest BCUT2D eigenvalue weighted by atomic mass is 16.3. The number of nitrogens with one attached hydrogen (secondary N) is 2. The SMILES string of the molecule is CC(C)C(CO)Nc1ncnc2[nH]c(-c3ccccc3)cc12. The van der Waals surface area contributed by atoms with E-state index < -0.39 is 0 Å². The van der Waals surface area contributed by atoms with Gasteiger partial charge in [0.1, 0.15) is 17.8 Å². The van der Waals surface area contributed by atoms with E-state index >= 15 is 0 Å². The summed E-state index contributed by atoms with van der Waals surface area (Å²) in [5, 5.41) is 13.7. The molecule has 3 rings (SSSR count). The van der Waals surface area contributed by atoms with Crippen LogP contribution in [0.1, 0.15) is 13.8 Å². The molecule has 0 saturated heterocycles. The van der Waals surface area contributed by atoms with Crippen molar-refractivity contribution >= 4 is 16.9 Å². The molecule has 0 radical (unpaired) electrons. The van der Waals surface area contributed by atoms with Crippen LogP contribution < -0.4 is 5.32 Å². The Kier molecular flexibility index (Phi) is 4.06. The fourth-order valence-electron chi connectivity index (χ4n) is 2.43. The number of fused-ring (bicyclic) bond motifs is 1. The maximum absolute atomic E-state index is 9.50. The third-order valence-corrected chi connectivity index (χ3v) is 3.83. The highest BCUT2D eigenvalue weighted by Gasteiger charge is 2.15. The number of nitrogens with zero attached hydrogens (tertiary/aromatic N) is 2. The van der Waals surface area contributed by atoms with E-state index in [2.05, 4.69) is 46.2 Å². The van der Waals surface area contributed by atoms with Crippen LogP contribution in [0.5, 0.6) is 0 Å². The van der Waals surface area contributed by atoms with Crippen molar-refractivity contribution in [2.45, 2.75) is 19.9 Å². The molecule has 22 heavy (non-hydrogen) atoms. The molecule has 1 aromatic carbocycles. The molecule has 0 bridgehead atoms. The van der Waals surface area contributed by atoms with Crippen molar-refractivity contribution in [2.24, 2.45) is 5.92 Å². The zero-order valence-electron chi connectivity index (χ0n) is 12.7. The van der Waals surface area contributed by atoms with Gasteiger partial charge in [-0.1, -0.05) is 44.2 Å². The van der Waals surface area contributed by atoms with Crippen LogP contribution >= 0.6 is 0 Å². The summed E-state index contributed by atoms with van der Waals surface area (Å²) in [4.78, 5) is 11.9. The van der Waals surface area contributed by atoms with Gasteiger partial charge in [0.2, 0.25) is 0 Å². The van der Waals surface area contributed by atoms with Gasteiger partial charge in [-0.05, 0) is 17.5 Å². The maximum Gasteiger partial charge on any atom is 0.143 e. The molecule has 2 heterocycles. The molecular formula is C17H20N4O. The average molecular weight is 296 g/mol. The summed E-state index contributed by atoms with van der Waals surface area (Å²) in [7, 11) is 0. The molecule has 0 fully saturated rings. The minimum atomic E-state index is -0.0341. The minimum Gasteiger partial charge on any atom is -0.394 e. The van der Waals surface area contributed by atoms with Gasteiger partial charge in [-0.3, -0.25) is 0 Å². The molecule has 5 nitrogen and oxygen atoms in total. The molecule has 3 aromatic rings. The van der Waals surface area contributed by atoms with Gasteiger partial charge >= 0.3 is 0 Å². The van der Waals surface area contributed by atoms with Gasteiger partial charge in [-0.2, -0.15) is 0 Å². The Labute approximate surface area is 129 Å². The van der Waals surface area contributed by atoms with Gasteiger partial charge in [-0.15, -0.1) is 0 Å². The van der Waals surface area contributed by atoms with E-state index in [-0.39, 0.29) is 12.6 Å². The Bertz CT molecular complexity index is 752. The van der Waals surface area contributed by atoms with Gasteiger partial charge in [-0.25, -0.2) is 9.97 Å². The normalized spacial score (nSPS) is 12.7. The van der Waals surface area contributed by atoms with Gasteiger partial charge in [0, 0.05) is 5.69 Å². The number of benzene rings is 1. The Morgan fingerprint density at radius 3 is 2.64 bits per heavy atom. The van der Waals surface area contributed by atoms with Crippen LogP contribution in [0.25, 0.3) is 22.3 Å². The van der Waals surface area contributed by atoms with E-state index in [0.717, 1.165) is 28.1 Å².